The number of nitrogens with one attached hydrogen (secondary N) is 2. The molecule has 0 aromatic heterocycles. The number of hydrogen-bond donors (Lipinski definition) is 4. The Bertz CT molecular complexity index is 281. The average Bonchev–Trinajstić information content (AvgIpc) is 2.60. The highest BCUT2D eigenvalue weighted by Gasteiger charge is 2.28. The van der Waals surface area contributed by atoms with Crippen LogP contribution in [0.3, 0.4) is 0 Å². The van der Waals surface area contributed by atoms with Crippen LogP contribution in [0.25, 0.3) is 0 Å². The van der Waals surface area contributed by atoms with Gasteiger partial charge >= 0.3 is 0 Å². The molecule has 0 aliphatic heterocycles. The fraction of sp³-hybridized carbons (Fsp3) is 1.00. The SMILES string of the molecule is CCCNC(CC)CCCCCCCCC(N)(N)C(CC)NCCC. The van der Waals surface area contributed by atoms with Gasteiger partial charge < -0.3 is 22.1 Å². The Morgan fingerprint density at radius 2 is 1.28 bits per heavy atom. The second-order valence-corrected chi connectivity index (χ2v) is 7.75. The fourth-order valence-corrected chi connectivity index (χ4v) is 3.54. The maximum Gasteiger partial charge on any atom is 0.0794 e. The summed E-state index contributed by atoms with van der Waals surface area (Å²) in [6.45, 7) is 11.0. The van der Waals surface area contributed by atoms with Crippen molar-refractivity contribution >= 4 is 0 Å². The van der Waals surface area contributed by atoms with E-state index >= 15 is 0 Å². The molecule has 0 aliphatic carbocycles. The Morgan fingerprint density at radius 1 is 0.720 bits per heavy atom. The molecule has 0 rings (SSSR count). The van der Waals surface area contributed by atoms with Gasteiger partial charge in [0.15, 0.2) is 0 Å². The molecule has 2 unspecified atom stereocenters. The molecule has 0 radical (unpaired) electrons. The van der Waals surface area contributed by atoms with Gasteiger partial charge in [0.25, 0.3) is 0 Å². The van der Waals surface area contributed by atoms with Crippen molar-refractivity contribution in [1.29, 1.82) is 0 Å². The van der Waals surface area contributed by atoms with Gasteiger partial charge in [0.05, 0.1) is 5.66 Å². The lowest BCUT2D eigenvalue weighted by atomic mass is 9.92. The second-order valence-electron chi connectivity index (χ2n) is 7.75. The lowest BCUT2D eigenvalue weighted by Crippen LogP contribution is -2.63. The van der Waals surface area contributed by atoms with Crippen LogP contribution in [0.15, 0.2) is 0 Å². The van der Waals surface area contributed by atoms with Crippen molar-refractivity contribution in [2.75, 3.05) is 13.1 Å². The molecule has 0 bridgehead atoms. The smallest absolute Gasteiger partial charge is 0.0794 e. The first-order valence-corrected chi connectivity index (χ1v) is 11.1. The van der Waals surface area contributed by atoms with Gasteiger partial charge in [0.1, 0.15) is 0 Å². The molecule has 0 spiro atoms. The van der Waals surface area contributed by atoms with Gasteiger partial charge in [0.2, 0.25) is 0 Å². The quantitative estimate of drug-likeness (QED) is 0.218. The molecule has 4 nitrogen and oxygen atoms in total. The Morgan fingerprint density at radius 3 is 1.84 bits per heavy atom. The van der Waals surface area contributed by atoms with Crippen LogP contribution >= 0.6 is 0 Å². The Kier molecular flexibility index (Phi) is 15.9. The van der Waals surface area contributed by atoms with Crippen LogP contribution in [0.2, 0.25) is 0 Å². The molecular formula is C21H48N4. The lowest BCUT2D eigenvalue weighted by Gasteiger charge is -2.34. The van der Waals surface area contributed by atoms with Gasteiger partial charge in [-0.05, 0) is 51.6 Å². The van der Waals surface area contributed by atoms with Crippen LogP contribution in [0.1, 0.15) is 105 Å². The lowest BCUT2D eigenvalue weighted by molar-refractivity contribution is 0.268. The molecule has 0 heterocycles. The summed E-state index contributed by atoms with van der Waals surface area (Å²) >= 11 is 0. The van der Waals surface area contributed by atoms with E-state index in [4.69, 9.17) is 11.5 Å². The highest BCUT2D eigenvalue weighted by Crippen LogP contribution is 2.16. The van der Waals surface area contributed by atoms with Crippen molar-refractivity contribution < 1.29 is 0 Å². The van der Waals surface area contributed by atoms with Gasteiger partial charge in [0, 0.05) is 12.1 Å². The van der Waals surface area contributed by atoms with Gasteiger partial charge in [-0.1, -0.05) is 66.2 Å². The summed E-state index contributed by atoms with van der Waals surface area (Å²) in [6, 6.07) is 0.950. The van der Waals surface area contributed by atoms with Crippen LogP contribution in [-0.2, 0) is 0 Å². The van der Waals surface area contributed by atoms with Gasteiger partial charge in [-0.15, -0.1) is 0 Å². The molecule has 0 aromatic rings. The standard InChI is InChI=1S/C21H48N4/c1-5-17-24-19(7-3)15-13-11-9-10-12-14-16-21(22,23)20(8-4)25-18-6-2/h19-20,24-25H,5-18,22-23H2,1-4H3. The van der Waals surface area contributed by atoms with Crippen LogP contribution in [0.5, 0.6) is 0 Å². The maximum absolute atomic E-state index is 6.37. The van der Waals surface area contributed by atoms with Crippen molar-refractivity contribution in [2.24, 2.45) is 11.5 Å². The van der Waals surface area contributed by atoms with E-state index in [1.165, 1.54) is 51.4 Å². The molecule has 0 aliphatic rings. The van der Waals surface area contributed by atoms with E-state index in [0.29, 0.717) is 0 Å². The Balaban J connectivity index is 3.70. The number of nitrogens with two attached hydrogens (primary N) is 2. The molecule has 0 amide bonds. The first-order chi connectivity index (χ1) is 12.0. The average molecular weight is 357 g/mol. The van der Waals surface area contributed by atoms with E-state index < -0.39 is 5.66 Å². The molecule has 4 heteroatoms. The number of hydrogen-bond acceptors (Lipinski definition) is 4. The van der Waals surface area contributed by atoms with E-state index in [9.17, 15) is 0 Å². The maximum atomic E-state index is 6.37. The van der Waals surface area contributed by atoms with Gasteiger partial charge in [-0.25, -0.2) is 0 Å². The number of unbranched alkanes of at least 4 members (excludes halogenated alkanes) is 5. The second kappa shape index (κ2) is 16.0. The summed E-state index contributed by atoms with van der Waals surface area (Å²) in [5, 5.41) is 7.15. The van der Waals surface area contributed by atoms with Crippen molar-refractivity contribution in [3.63, 3.8) is 0 Å². The minimum atomic E-state index is -0.566. The highest BCUT2D eigenvalue weighted by atomic mass is 15.1. The Labute approximate surface area is 158 Å². The van der Waals surface area contributed by atoms with Crippen molar-refractivity contribution in [3.8, 4) is 0 Å². The molecule has 0 aromatic carbocycles. The third-order valence-corrected chi connectivity index (χ3v) is 5.29. The summed E-state index contributed by atoms with van der Waals surface area (Å²) in [5.74, 6) is 0. The van der Waals surface area contributed by atoms with Crippen LogP contribution in [0.4, 0.5) is 0 Å². The third-order valence-electron chi connectivity index (χ3n) is 5.29. The molecule has 25 heavy (non-hydrogen) atoms. The third kappa shape index (κ3) is 12.8. The van der Waals surface area contributed by atoms with Crippen molar-refractivity contribution in [2.45, 2.75) is 122 Å². The van der Waals surface area contributed by atoms with Crippen molar-refractivity contribution in [3.05, 3.63) is 0 Å². The Hall–Kier alpha value is -0.160. The van der Waals surface area contributed by atoms with E-state index in [2.05, 4.69) is 38.3 Å². The topological polar surface area (TPSA) is 76.1 Å². The monoisotopic (exact) mass is 356 g/mol. The predicted molar refractivity (Wildman–Crippen MR) is 113 cm³/mol. The normalized spacial score (nSPS) is 14.6. The van der Waals surface area contributed by atoms with E-state index in [-0.39, 0.29) is 6.04 Å². The van der Waals surface area contributed by atoms with E-state index in [1.54, 1.807) is 0 Å². The predicted octanol–water partition coefficient (Wildman–Crippen LogP) is 4.28. The zero-order valence-corrected chi connectivity index (χ0v) is 17.7. The summed E-state index contributed by atoms with van der Waals surface area (Å²) in [4.78, 5) is 0. The van der Waals surface area contributed by atoms with E-state index in [1.807, 2.05) is 0 Å². The molecule has 2 atom stereocenters. The van der Waals surface area contributed by atoms with Gasteiger partial charge in [-0.2, -0.15) is 0 Å². The first-order valence-electron chi connectivity index (χ1n) is 11.1. The number of rotatable bonds is 18. The van der Waals surface area contributed by atoms with Crippen LogP contribution < -0.4 is 22.1 Å². The molecule has 6 N–H and O–H groups in total. The minimum absolute atomic E-state index is 0.231. The molecule has 152 valence electrons. The summed E-state index contributed by atoms with van der Waals surface area (Å²) in [5.41, 5.74) is 12.2. The molecule has 0 saturated heterocycles. The minimum Gasteiger partial charge on any atom is -0.314 e. The highest BCUT2D eigenvalue weighted by molar-refractivity contribution is 4.89. The summed E-state index contributed by atoms with van der Waals surface area (Å²) in [7, 11) is 0. The molecule has 0 saturated carbocycles. The van der Waals surface area contributed by atoms with Crippen molar-refractivity contribution in [1.82, 2.24) is 10.6 Å². The van der Waals surface area contributed by atoms with Gasteiger partial charge in [-0.3, -0.25) is 0 Å². The fourth-order valence-electron chi connectivity index (χ4n) is 3.54. The summed E-state index contributed by atoms with van der Waals surface area (Å²) < 4.78 is 0. The largest absolute Gasteiger partial charge is 0.314 e. The zero-order valence-electron chi connectivity index (χ0n) is 17.7. The summed E-state index contributed by atoms with van der Waals surface area (Å²) in [6.07, 6.45) is 14.6. The first kappa shape index (κ1) is 24.8. The molecular weight excluding hydrogens is 308 g/mol. The van der Waals surface area contributed by atoms with E-state index in [0.717, 1.165) is 44.8 Å². The van der Waals surface area contributed by atoms with Crippen LogP contribution in [-0.4, -0.2) is 30.8 Å². The van der Waals surface area contributed by atoms with Crippen LogP contribution in [0, 0.1) is 0 Å². The molecule has 0 fully saturated rings. The zero-order chi connectivity index (χ0) is 19.0.